The summed E-state index contributed by atoms with van der Waals surface area (Å²) in [6, 6.07) is 25.6. The number of nitrogens with one attached hydrogen (secondary N) is 1. The molecule has 4 rings (SSSR count). The van der Waals surface area contributed by atoms with Gasteiger partial charge in [-0.05, 0) is 42.7 Å². The van der Waals surface area contributed by atoms with E-state index in [1.807, 2.05) is 30.3 Å². The summed E-state index contributed by atoms with van der Waals surface area (Å²) in [5.74, 6) is 0.651. The molecule has 0 unspecified atom stereocenters. The van der Waals surface area contributed by atoms with Crippen molar-refractivity contribution in [2.24, 2.45) is 0 Å². The smallest absolute Gasteiger partial charge is 0.253 e. The van der Waals surface area contributed by atoms with E-state index in [9.17, 15) is 4.79 Å². The molecule has 0 atom stereocenters. The fourth-order valence-electron chi connectivity index (χ4n) is 3.50. The Balaban J connectivity index is 1.50. The van der Waals surface area contributed by atoms with E-state index in [4.69, 9.17) is 16.6 Å². The van der Waals surface area contributed by atoms with Crippen molar-refractivity contribution in [1.82, 2.24) is 14.9 Å². The Morgan fingerprint density at radius 3 is 2.48 bits per heavy atom. The third-order valence-corrected chi connectivity index (χ3v) is 5.28. The van der Waals surface area contributed by atoms with E-state index in [1.165, 1.54) is 5.56 Å². The molecule has 5 heteroatoms. The molecule has 0 spiro atoms. The minimum atomic E-state index is -0.196. The number of benzene rings is 3. The number of fused-ring (bicyclic) bond motifs is 1. The molecule has 1 aromatic heterocycles. The maximum atomic E-state index is 12.5. The molecule has 0 fully saturated rings. The Morgan fingerprint density at radius 2 is 1.66 bits per heavy atom. The third-order valence-electron chi connectivity index (χ3n) is 4.95. The van der Waals surface area contributed by atoms with Crippen LogP contribution in [-0.4, -0.2) is 15.5 Å². The second kappa shape index (κ2) is 8.93. The first-order valence-corrected chi connectivity index (χ1v) is 10.1. The van der Waals surface area contributed by atoms with Crippen LogP contribution in [0.4, 0.5) is 0 Å². The van der Waals surface area contributed by atoms with Crippen LogP contribution in [0.25, 0.3) is 11.0 Å². The molecule has 0 aliphatic rings. The number of imidazole rings is 1. The monoisotopic (exact) mass is 403 g/mol. The molecule has 1 amide bonds. The molecule has 0 saturated heterocycles. The Bertz CT molecular complexity index is 1120. The van der Waals surface area contributed by atoms with Crippen LogP contribution in [0.1, 0.15) is 28.2 Å². The molecule has 0 bridgehead atoms. The molecule has 4 aromatic rings. The highest BCUT2D eigenvalue weighted by Crippen LogP contribution is 2.18. The molecule has 0 radical (unpaired) electrons. The highest BCUT2D eigenvalue weighted by atomic mass is 35.5. The van der Waals surface area contributed by atoms with Gasteiger partial charge in [0.15, 0.2) is 0 Å². The number of aryl methyl sites for hydroxylation is 2. The van der Waals surface area contributed by atoms with E-state index in [-0.39, 0.29) is 5.91 Å². The molecule has 0 aliphatic carbocycles. The number of nitrogens with zero attached hydrogens (tertiary/aromatic N) is 2. The van der Waals surface area contributed by atoms with Gasteiger partial charge in [0.25, 0.3) is 5.91 Å². The predicted molar refractivity (Wildman–Crippen MR) is 117 cm³/mol. The number of carbonyl (C=O) groups is 1. The SMILES string of the molecule is O=C(NCc1nc2ccccc2n1CCCc1ccccc1)c1ccccc1Cl. The standard InChI is InChI=1S/C24H22ClN3O/c25-20-13-5-4-12-19(20)24(29)26-17-23-27-21-14-6-7-15-22(21)28(23)16-8-11-18-9-2-1-3-10-18/h1-7,9-10,12-15H,8,11,16-17H2,(H,26,29). The zero-order valence-corrected chi connectivity index (χ0v) is 16.8. The fourth-order valence-corrected chi connectivity index (χ4v) is 3.72. The van der Waals surface area contributed by atoms with E-state index in [2.05, 4.69) is 40.2 Å². The quantitative estimate of drug-likeness (QED) is 0.458. The van der Waals surface area contributed by atoms with Crippen molar-refractivity contribution in [2.75, 3.05) is 0 Å². The van der Waals surface area contributed by atoms with Crippen LogP contribution in [0.3, 0.4) is 0 Å². The topological polar surface area (TPSA) is 46.9 Å². The van der Waals surface area contributed by atoms with Crippen molar-refractivity contribution >= 4 is 28.5 Å². The third kappa shape index (κ3) is 4.49. The number of hydrogen-bond acceptors (Lipinski definition) is 2. The molecule has 1 heterocycles. The first-order chi connectivity index (χ1) is 14.2. The first-order valence-electron chi connectivity index (χ1n) is 9.73. The van der Waals surface area contributed by atoms with Gasteiger partial charge in [0.2, 0.25) is 0 Å². The molecule has 0 saturated carbocycles. The van der Waals surface area contributed by atoms with Gasteiger partial charge >= 0.3 is 0 Å². The lowest BCUT2D eigenvalue weighted by Crippen LogP contribution is -2.25. The Hall–Kier alpha value is -3.11. The fraction of sp³-hybridized carbons (Fsp3) is 0.167. The lowest BCUT2D eigenvalue weighted by molar-refractivity contribution is 0.0949. The van der Waals surface area contributed by atoms with Gasteiger partial charge in [-0.1, -0.05) is 66.2 Å². The number of aromatic nitrogens is 2. The molecule has 4 nitrogen and oxygen atoms in total. The van der Waals surface area contributed by atoms with Crippen molar-refractivity contribution in [3.05, 3.63) is 101 Å². The minimum absolute atomic E-state index is 0.196. The van der Waals surface area contributed by atoms with Gasteiger partial charge in [-0.3, -0.25) is 4.79 Å². The lowest BCUT2D eigenvalue weighted by atomic mass is 10.1. The second-order valence-electron chi connectivity index (χ2n) is 6.92. The van der Waals surface area contributed by atoms with E-state index >= 15 is 0 Å². The van der Waals surface area contributed by atoms with E-state index in [0.717, 1.165) is 36.2 Å². The molecule has 29 heavy (non-hydrogen) atoms. The van der Waals surface area contributed by atoms with E-state index in [1.54, 1.807) is 18.2 Å². The predicted octanol–water partition coefficient (Wildman–Crippen LogP) is 5.25. The average Bonchev–Trinajstić information content (AvgIpc) is 3.11. The largest absolute Gasteiger partial charge is 0.345 e. The van der Waals surface area contributed by atoms with Gasteiger partial charge in [0, 0.05) is 6.54 Å². The Labute approximate surface area is 175 Å². The van der Waals surface area contributed by atoms with Crippen molar-refractivity contribution in [3.8, 4) is 0 Å². The zero-order valence-electron chi connectivity index (χ0n) is 16.0. The Morgan fingerprint density at radius 1 is 0.931 bits per heavy atom. The van der Waals surface area contributed by atoms with Gasteiger partial charge in [0.05, 0.1) is 28.2 Å². The van der Waals surface area contributed by atoms with Crippen LogP contribution in [-0.2, 0) is 19.5 Å². The van der Waals surface area contributed by atoms with Gasteiger partial charge in [-0.25, -0.2) is 4.98 Å². The number of para-hydroxylation sites is 2. The van der Waals surface area contributed by atoms with Gasteiger partial charge in [-0.2, -0.15) is 0 Å². The summed E-state index contributed by atoms with van der Waals surface area (Å²) in [6.45, 7) is 1.19. The number of carbonyl (C=O) groups excluding carboxylic acids is 1. The number of amides is 1. The molecule has 146 valence electrons. The van der Waals surface area contributed by atoms with Crippen molar-refractivity contribution in [2.45, 2.75) is 25.9 Å². The van der Waals surface area contributed by atoms with Crippen LogP contribution in [0.15, 0.2) is 78.9 Å². The molecule has 3 aromatic carbocycles. The normalized spacial score (nSPS) is 10.9. The average molecular weight is 404 g/mol. The summed E-state index contributed by atoms with van der Waals surface area (Å²) in [5.41, 5.74) is 3.82. The highest BCUT2D eigenvalue weighted by molar-refractivity contribution is 6.33. The number of rotatable bonds is 7. The van der Waals surface area contributed by atoms with E-state index in [0.29, 0.717) is 17.1 Å². The number of hydrogen-bond donors (Lipinski definition) is 1. The maximum Gasteiger partial charge on any atom is 0.253 e. The summed E-state index contributed by atoms with van der Waals surface area (Å²) >= 11 is 6.14. The van der Waals surface area contributed by atoms with Gasteiger partial charge in [-0.15, -0.1) is 0 Å². The minimum Gasteiger partial charge on any atom is -0.345 e. The maximum absolute atomic E-state index is 12.5. The van der Waals surface area contributed by atoms with Crippen molar-refractivity contribution in [1.29, 1.82) is 0 Å². The van der Waals surface area contributed by atoms with Gasteiger partial charge in [0.1, 0.15) is 5.82 Å². The van der Waals surface area contributed by atoms with Crippen molar-refractivity contribution in [3.63, 3.8) is 0 Å². The van der Waals surface area contributed by atoms with Crippen LogP contribution in [0.2, 0.25) is 5.02 Å². The van der Waals surface area contributed by atoms with Crippen LogP contribution in [0, 0.1) is 0 Å². The summed E-state index contributed by atoms with van der Waals surface area (Å²) < 4.78 is 2.20. The summed E-state index contributed by atoms with van der Waals surface area (Å²) in [5, 5.41) is 3.40. The Kier molecular flexibility index (Phi) is 5.92. The number of halogens is 1. The molecule has 0 aliphatic heterocycles. The summed E-state index contributed by atoms with van der Waals surface area (Å²) in [4.78, 5) is 17.3. The van der Waals surface area contributed by atoms with Gasteiger partial charge < -0.3 is 9.88 Å². The second-order valence-corrected chi connectivity index (χ2v) is 7.33. The first kappa shape index (κ1) is 19.2. The lowest BCUT2D eigenvalue weighted by Gasteiger charge is -2.11. The van der Waals surface area contributed by atoms with Crippen LogP contribution in [0.5, 0.6) is 0 Å². The molecular formula is C24H22ClN3O. The van der Waals surface area contributed by atoms with Crippen LogP contribution >= 0.6 is 11.6 Å². The van der Waals surface area contributed by atoms with E-state index < -0.39 is 0 Å². The highest BCUT2D eigenvalue weighted by Gasteiger charge is 2.13. The van der Waals surface area contributed by atoms with Crippen molar-refractivity contribution < 1.29 is 4.79 Å². The van der Waals surface area contributed by atoms with Crippen LogP contribution < -0.4 is 5.32 Å². The molecule has 1 N–H and O–H groups in total. The summed E-state index contributed by atoms with van der Waals surface area (Å²) in [6.07, 6.45) is 1.99. The zero-order chi connectivity index (χ0) is 20.1. The summed E-state index contributed by atoms with van der Waals surface area (Å²) in [7, 11) is 0. The molecular weight excluding hydrogens is 382 g/mol.